The number of unbranched alkanes of at least 4 members (excludes halogenated alkanes) is 7. The second-order valence-electron chi connectivity index (χ2n) is 10.2. The predicted octanol–water partition coefficient (Wildman–Crippen LogP) is 8.56. The first-order chi connectivity index (χ1) is 14.8. The Morgan fingerprint density at radius 1 is 0.800 bits per heavy atom. The third-order valence-electron chi connectivity index (χ3n) is 8.13. The van der Waals surface area contributed by atoms with Gasteiger partial charge in [-0.05, 0) is 68.4 Å². The fourth-order valence-electron chi connectivity index (χ4n) is 6.11. The Hall–Kier alpha value is -1.36. The molecule has 1 aromatic heterocycles. The zero-order valence-corrected chi connectivity index (χ0v) is 19.5. The van der Waals surface area contributed by atoms with E-state index in [0.717, 1.165) is 17.8 Å². The van der Waals surface area contributed by atoms with E-state index < -0.39 is 0 Å². The molecule has 0 N–H and O–H groups in total. The van der Waals surface area contributed by atoms with E-state index in [1.54, 1.807) is 6.20 Å². The second-order valence-corrected chi connectivity index (χ2v) is 10.2. The van der Waals surface area contributed by atoms with E-state index >= 15 is 0 Å². The Balaban J connectivity index is 1.26. The highest BCUT2D eigenvalue weighted by molar-refractivity contribution is 5.27. The summed E-state index contributed by atoms with van der Waals surface area (Å²) in [5.41, 5.74) is 1.89. The van der Waals surface area contributed by atoms with Crippen LogP contribution in [0.5, 0.6) is 0 Å². The molecule has 3 rings (SSSR count). The van der Waals surface area contributed by atoms with Crippen LogP contribution in [0, 0.1) is 29.1 Å². The predicted molar refractivity (Wildman–Crippen MR) is 126 cm³/mol. The molecule has 2 heteroatoms. The summed E-state index contributed by atoms with van der Waals surface area (Å²) in [6.45, 7) is 2.30. The molecule has 30 heavy (non-hydrogen) atoms. The summed E-state index contributed by atoms with van der Waals surface area (Å²) < 4.78 is 0. The summed E-state index contributed by atoms with van der Waals surface area (Å²) in [6.07, 6.45) is 26.2. The molecule has 0 unspecified atom stereocenters. The van der Waals surface area contributed by atoms with Crippen LogP contribution in [0.15, 0.2) is 18.3 Å². The molecule has 0 amide bonds. The first-order valence-corrected chi connectivity index (χ1v) is 13.2. The molecule has 0 aliphatic heterocycles. The van der Waals surface area contributed by atoms with E-state index in [2.05, 4.69) is 24.0 Å². The molecule has 1 aromatic rings. The average molecular weight is 409 g/mol. The van der Waals surface area contributed by atoms with E-state index in [1.807, 2.05) is 6.07 Å². The molecule has 0 saturated heterocycles. The number of rotatable bonds is 11. The number of hydrogen-bond acceptors (Lipinski definition) is 2. The quantitative estimate of drug-likeness (QED) is 0.344. The van der Waals surface area contributed by atoms with Gasteiger partial charge in [-0.25, -0.2) is 0 Å². The van der Waals surface area contributed by atoms with Crippen LogP contribution in [0.1, 0.15) is 133 Å². The van der Waals surface area contributed by atoms with Gasteiger partial charge in [-0.3, -0.25) is 4.98 Å². The summed E-state index contributed by atoms with van der Waals surface area (Å²) in [5, 5.41) is 8.95. The van der Waals surface area contributed by atoms with Crippen LogP contribution < -0.4 is 0 Å². The van der Waals surface area contributed by atoms with Crippen molar-refractivity contribution in [2.24, 2.45) is 17.8 Å². The lowest BCUT2D eigenvalue weighted by Crippen LogP contribution is -2.25. The topological polar surface area (TPSA) is 36.7 Å². The molecule has 0 spiro atoms. The fraction of sp³-hybridized carbons (Fsp3) is 0.786. The van der Waals surface area contributed by atoms with Crippen molar-refractivity contribution < 1.29 is 0 Å². The van der Waals surface area contributed by atoms with Crippen molar-refractivity contribution >= 4 is 0 Å². The van der Waals surface area contributed by atoms with Crippen molar-refractivity contribution in [1.82, 2.24) is 4.98 Å². The van der Waals surface area contributed by atoms with E-state index in [-0.39, 0.29) is 0 Å². The summed E-state index contributed by atoms with van der Waals surface area (Å²) in [4.78, 5) is 4.56. The van der Waals surface area contributed by atoms with Gasteiger partial charge in [0.15, 0.2) is 0 Å². The van der Waals surface area contributed by atoms with Crippen LogP contribution >= 0.6 is 0 Å². The van der Waals surface area contributed by atoms with Crippen LogP contribution in [0.4, 0.5) is 0 Å². The van der Waals surface area contributed by atoms with Gasteiger partial charge in [0.05, 0.1) is 5.56 Å². The monoisotopic (exact) mass is 408 g/mol. The zero-order valence-electron chi connectivity index (χ0n) is 19.5. The lowest BCUT2D eigenvalue weighted by atomic mass is 9.68. The van der Waals surface area contributed by atoms with Crippen LogP contribution in [-0.2, 0) is 0 Å². The van der Waals surface area contributed by atoms with Crippen LogP contribution in [-0.4, -0.2) is 4.98 Å². The molecule has 166 valence electrons. The minimum atomic E-state index is 0.618. The normalized spacial score (nSPS) is 26.9. The largest absolute Gasteiger partial charge is 0.260 e. The standard InChI is InChI=1S/C28H44N2/c1-2-3-4-5-6-7-8-9-10-23-11-14-25(15-12-23)26-16-18-27(19-17-26)28-20-13-24(21-29)22-30-28/h13,20,22-23,25-27H,2-12,14-19H2,1H3. The molecular formula is C28H44N2. The summed E-state index contributed by atoms with van der Waals surface area (Å²) >= 11 is 0. The van der Waals surface area contributed by atoms with Crippen LogP contribution in [0.2, 0.25) is 0 Å². The fourth-order valence-corrected chi connectivity index (χ4v) is 6.11. The molecule has 2 aliphatic rings. The van der Waals surface area contributed by atoms with Gasteiger partial charge in [0.25, 0.3) is 0 Å². The summed E-state index contributed by atoms with van der Waals surface area (Å²) in [5.74, 6) is 3.60. The number of hydrogen-bond donors (Lipinski definition) is 0. The molecule has 2 aliphatic carbocycles. The maximum absolute atomic E-state index is 8.95. The molecule has 1 heterocycles. The van der Waals surface area contributed by atoms with Crippen molar-refractivity contribution in [2.45, 2.75) is 122 Å². The Kier molecular flexibility index (Phi) is 10.2. The van der Waals surface area contributed by atoms with E-state index in [0.29, 0.717) is 11.5 Å². The molecule has 2 fully saturated rings. The SMILES string of the molecule is CCCCCCCCCCC1CCC(C2CCC(c3ccc(C#N)cn3)CC2)CC1. The molecule has 2 nitrogen and oxygen atoms in total. The van der Waals surface area contributed by atoms with E-state index in [9.17, 15) is 0 Å². The Bertz CT molecular complexity index is 613. The molecule has 0 atom stereocenters. The van der Waals surface area contributed by atoms with Crippen molar-refractivity contribution in [3.8, 4) is 6.07 Å². The van der Waals surface area contributed by atoms with E-state index in [4.69, 9.17) is 5.26 Å². The second kappa shape index (κ2) is 13.1. The van der Waals surface area contributed by atoms with Crippen LogP contribution in [0.25, 0.3) is 0 Å². The minimum Gasteiger partial charge on any atom is -0.260 e. The number of pyridine rings is 1. The highest BCUT2D eigenvalue weighted by atomic mass is 14.7. The third-order valence-corrected chi connectivity index (χ3v) is 8.13. The lowest BCUT2D eigenvalue weighted by Gasteiger charge is -2.37. The van der Waals surface area contributed by atoms with Gasteiger partial charge >= 0.3 is 0 Å². The van der Waals surface area contributed by atoms with Gasteiger partial charge in [-0.15, -0.1) is 0 Å². The first-order valence-electron chi connectivity index (χ1n) is 13.2. The van der Waals surface area contributed by atoms with Crippen molar-refractivity contribution in [3.63, 3.8) is 0 Å². The summed E-state index contributed by atoms with van der Waals surface area (Å²) in [7, 11) is 0. The van der Waals surface area contributed by atoms with Gasteiger partial charge in [-0.1, -0.05) is 77.6 Å². The number of nitrogens with zero attached hydrogens (tertiary/aromatic N) is 2. The molecular weight excluding hydrogens is 364 g/mol. The van der Waals surface area contributed by atoms with Crippen molar-refractivity contribution in [2.75, 3.05) is 0 Å². The van der Waals surface area contributed by atoms with Gasteiger partial charge in [0, 0.05) is 17.8 Å². The molecule has 0 radical (unpaired) electrons. The Labute approximate surface area is 185 Å². The molecule has 0 aromatic carbocycles. The van der Waals surface area contributed by atoms with Gasteiger partial charge in [0.2, 0.25) is 0 Å². The maximum atomic E-state index is 8.95. The summed E-state index contributed by atoms with van der Waals surface area (Å²) in [6, 6.07) is 6.19. The van der Waals surface area contributed by atoms with Crippen molar-refractivity contribution in [1.29, 1.82) is 5.26 Å². The van der Waals surface area contributed by atoms with Gasteiger partial charge < -0.3 is 0 Å². The number of aromatic nitrogens is 1. The van der Waals surface area contributed by atoms with E-state index in [1.165, 1.54) is 115 Å². The van der Waals surface area contributed by atoms with Gasteiger partial charge in [0.1, 0.15) is 6.07 Å². The van der Waals surface area contributed by atoms with Gasteiger partial charge in [-0.2, -0.15) is 5.26 Å². The highest BCUT2D eigenvalue weighted by Gasteiger charge is 2.31. The van der Waals surface area contributed by atoms with Crippen molar-refractivity contribution in [3.05, 3.63) is 29.6 Å². The average Bonchev–Trinajstić information content (AvgIpc) is 2.81. The van der Waals surface area contributed by atoms with Crippen LogP contribution in [0.3, 0.4) is 0 Å². The molecule has 2 saturated carbocycles. The Morgan fingerprint density at radius 3 is 1.97 bits per heavy atom. The minimum absolute atomic E-state index is 0.618. The lowest BCUT2D eigenvalue weighted by molar-refractivity contribution is 0.155. The Morgan fingerprint density at radius 2 is 1.40 bits per heavy atom. The maximum Gasteiger partial charge on any atom is 0.101 e. The smallest absolute Gasteiger partial charge is 0.101 e. The number of nitriles is 1. The zero-order chi connectivity index (χ0) is 21.0. The molecule has 0 bridgehead atoms. The first kappa shape index (κ1) is 23.3. The third kappa shape index (κ3) is 7.40. The highest BCUT2D eigenvalue weighted by Crippen LogP contribution is 2.44.